The third kappa shape index (κ3) is 4.57. The summed E-state index contributed by atoms with van der Waals surface area (Å²) in [4.78, 5) is 12.4. The molecule has 1 unspecified atom stereocenters. The van der Waals surface area contributed by atoms with Crippen molar-refractivity contribution in [3.05, 3.63) is 10.6 Å². The lowest BCUT2D eigenvalue weighted by atomic mass is 10.2. The molecule has 0 saturated heterocycles. The number of hydrogen-bond donors (Lipinski definition) is 1. The summed E-state index contributed by atoms with van der Waals surface area (Å²) in [5.41, 5.74) is 0.742. The molecule has 5 nitrogen and oxygen atoms in total. The van der Waals surface area contributed by atoms with Crippen molar-refractivity contribution in [1.29, 1.82) is 0 Å². The number of methoxy groups -OCH3 is 1. The van der Waals surface area contributed by atoms with Crippen LogP contribution in [0.15, 0.2) is 0 Å². The van der Waals surface area contributed by atoms with Gasteiger partial charge in [0, 0.05) is 13.7 Å². The minimum Gasteiger partial charge on any atom is -0.383 e. The molecule has 1 N–H and O–H groups in total. The van der Waals surface area contributed by atoms with Gasteiger partial charge in [0.25, 0.3) is 5.91 Å². The van der Waals surface area contributed by atoms with E-state index in [-0.39, 0.29) is 11.3 Å². The predicted octanol–water partition coefficient (Wildman–Crippen LogP) is 1.47. The first-order valence-electron chi connectivity index (χ1n) is 5.41. The highest BCUT2D eigenvalue weighted by atomic mass is 35.5. The van der Waals surface area contributed by atoms with Crippen LogP contribution < -0.4 is 5.32 Å². The van der Waals surface area contributed by atoms with Crippen LogP contribution in [0.25, 0.3) is 0 Å². The monoisotopic (exact) mass is 277 g/mol. The molecule has 0 aromatic carbocycles. The Kier molecular flexibility index (Phi) is 6.39. The third-order valence-corrected chi connectivity index (χ3v) is 3.30. The fourth-order valence-corrected chi connectivity index (χ4v) is 2.20. The van der Waals surface area contributed by atoms with Crippen molar-refractivity contribution in [2.75, 3.05) is 20.3 Å². The normalized spacial score (nSPS) is 12.4. The number of aryl methyl sites for hydroxylation is 1. The van der Waals surface area contributed by atoms with Crippen LogP contribution in [0.3, 0.4) is 0 Å². The molecule has 17 heavy (non-hydrogen) atoms. The molecule has 0 fully saturated rings. The van der Waals surface area contributed by atoms with Gasteiger partial charge in [-0.25, -0.2) is 0 Å². The number of amides is 1. The van der Waals surface area contributed by atoms with Crippen LogP contribution in [0.4, 0.5) is 0 Å². The SMILES string of the molecule is CCc1nnsc1C(=O)NCCC(Cl)COC. The Labute approximate surface area is 110 Å². The number of ether oxygens (including phenoxy) is 1. The molecule has 0 bridgehead atoms. The van der Waals surface area contributed by atoms with E-state index in [1.807, 2.05) is 6.92 Å². The summed E-state index contributed by atoms with van der Waals surface area (Å²) < 4.78 is 8.68. The highest BCUT2D eigenvalue weighted by Crippen LogP contribution is 2.10. The van der Waals surface area contributed by atoms with Crippen LogP contribution in [0, 0.1) is 0 Å². The topological polar surface area (TPSA) is 64.1 Å². The zero-order valence-corrected chi connectivity index (χ0v) is 11.5. The Morgan fingerprint density at radius 2 is 2.41 bits per heavy atom. The number of aromatic nitrogens is 2. The van der Waals surface area contributed by atoms with Gasteiger partial charge in [-0.15, -0.1) is 16.7 Å². The summed E-state index contributed by atoms with van der Waals surface area (Å²) in [6.07, 6.45) is 1.38. The summed E-state index contributed by atoms with van der Waals surface area (Å²) in [6.45, 7) is 2.96. The number of nitrogens with one attached hydrogen (secondary N) is 1. The van der Waals surface area contributed by atoms with E-state index in [1.165, 1.54) is 0 Å². The number of rotatable bonds is 7. The lowest BCUT2D eigenvalue weighted by Gasteiger charge is -2.08. The van der Waals surface area contributed by atoms with Gasteiger partial charge in [0.05, 0.1) is 17.7 Å². The molecule has 1 aromatic rings. The molecule has 0 radical (unpaired) electrons. The Balaban J connectivity index is 2.35. The molecular weight excluding hydrogens is 262 g/mol. The molecule has 1 amide bonds. The van der Waals surface area contributed by atoms with E-state index in [1.54, 1.807) is 7.11 Å². The smallest absolute Gasteiger partial charge is 0.264 e. The summed E-state index contributed by atoms with van der Waals surface area (Å²) in [5.74, 6) is -0.127. The van der Waals surface area contributed by atoms with E-state index in [9.17, 15) is 4.79 Å². The van der Waals surface area contributed by atoms with Crippen LogP contribution in [0.1, 0.15) is 28.7 Å². The quantitative estimate of drug-likeness (QED) is 0.767. The Bertz CT molecular complexity index is 359. The molecule has 1 atom stereocenters. The first-order chi connectivity index (χ1) is 8.19. The van der Waals surface area contributed by atoms with Crippen LogP contribution in [-0.2, 0) is 11.2 Å². The van der Waals surface area contributed by atoms with Crippen molar-refractivity contribution in [3.8, 4) is 0 Å². The van der Waals surface area contributed by atoms with Crippen LogP contribution in [0.2, 0.25) is 0 Å². The number of carbonyl (C=O) groups is 1. The first-order valence-corrected chi connectivity index (χ1v) is 6.62. The maximum Gasteiger partial charge on any atom is 0.264 e. The van der Waals surface area contributed by atoms with E-state index < -0.39 is 0 Å². The largest absolute Gasteiger partial charge is 0.383 e. The highest BCUT2D eigenvalue weighted by Gasteiger charge is 2.14. The van der Waals surface area contributed by atoms with Gasteiger partial charge in [0.1, 0.15) is 4.88 Å². The Morgan fingerprint density at radius 1 is 1.65 bits per heavy atom. The van der Waals surface area contributed by atoms with Crippen molar-refractivity contribution in [3.63, 3.8) is 0 Å². The number of nitrogens with zero attached hydrogens (tertiary/aromatic N) is 2. The van der Waals surface area contributed by atoms with Crippen LogP contribution in [0.5, 0.6) is 0 Å². The number of alkyl halides is 1. The second-order valence-corrected chi connectivity index (χ2v) is 4.87. The number of hydrogen-bond acceptors (Lipinski definition) is 5. The molecular formula is C10H16ClN3O2S. The van der Waals surface area contributed by atoms with Gasteiger partial charge in [0.2, 0.25) is 0 Å². The summed E-state index contributed by atoms with van der Waals surface area (Å²) >= 11 is 7.07. The predicted molar refractivity (Wildman–Crippen MR) is 67.8 cm³/mol. The zero-order valence-electron chi connectivity index (χ0n) is 9.90. The highest BCUT2D eigenvalue weighted by molar-refractivity contribution is 7.08. The van der Waals surface area contributed by atoms with E-state index >= 15 is 0 Å². The first kappa shape index (κ1) is 14.3. The third-order valence-electron chi connectivity index (χ3n) is 2.19. The van der Waals surface area contributed by atoms with Gasteiger partial charge in [-0.2, -0.15) is 0 Å². The summed E-state index contributed by atoms with van der Waals surface area (Å²) in [5, 5.41) is 6.61. The maximum atomic E-state index is 11.8. The molecule has 0 aliphatic rings. The minimum atomic E-state index is -0.127. The second-order valence-electron chi connectivity index (χ2n) is 3.50. The molecule has 1 heterocycles. The van der Waals surface area contributed by atoms with Crippen molar-refractivity contribution in [2.24, 2.45) is 0 Å². The van der Waals surface area contributed by atoms with Crippen molar-refractivity contribution in [1.82, 2.24) is 14.9 Å². The molecule has 7 heteroatoms. The van der Waals surface area contributed by atoms with Crippen molar-refractivity contribution >= 4 is 29.0 Å². The van der Waals surface area contributed by atoms with E-state index in [2.05, 4.69) is 14.9 Å². The molecule has 1 aromatic heterocycles. The molecule has 0 aliphatic carbocycles. The van der Waals surface area contributed by atoms with Crippen molar-refractivity contribution in [2.45, 2.75) is 25.1 Å². The summed E-state index contributed by atoms with van der Waals surface area (Å²) in [7, 11) is 1.60. The summed E-state index contributed by atoms with van der Waals surface area (Å²) in [6, 6.07) is 0. The molecule has 96 valence electrons. The molecule has 0 saturated carbocycles. The zero-order chi connectivity index (χ0) is 12.7. The van der Waals surface area contributed by atoms with Crippen molar-refractivity contribution < 1.29 is 9.53 Å². The minimum absolute atomic E-state index is 0.0782. The van der Waals surface area contributed by atoms with E-state index in [0.717, 1.165) is 17.2 Å². The van der Waals surface area contributed by atoms with Crippen LogP contribution >= 0.6 is 23.1 Å². The van der Waals surface area contributed by atoms with Gasteiger partial charge < -0.3 is 10.1 Å². The van der Waals surface area contributed by atoms with Crippen LogP contribution in [-0.4, -0.2) is 41.1 Å². The molecule has 0 spiro atoms. The Morgan fingerprint density at radius 3 is 3.06 bits per heavy atom. The van der Waals surface area contributed by atoms with Gasteiger partial charge in [-0.3, -0.25) is 4.79 Å². The lowest BCUT2D eigenvalue weighted by molar-refractivity contribution is 0.0954. The number of carbonyl (C=O) groups excluding carboxylic acids is 1. The fourth-order valence-electron chi connectivity index (χ4n) is 1.30. The standard InChI is InChI=1S/C10H16ClN3O2S/c1-3-8-9(17-14-13-8)10(15)12-5-4-7(11)6-16-2/h7H,3-6H2,1-2H3,(H,12,15). The molecule has 0 aliphatic heterocycles. The Hall–Kier alpha value is -0.720. The average molecular weight is 278 g/mol. The van der Waals surface area contributed by atoms with E-state index in [4.69, 9.17) is 16.3 Å². The van der Waals surface area contributed by atoms with Gasteiger partial charge in [-0.05, 0) is 24.4 Å². The van der Waals surface area contributed by atoms with E-state index in [0.29, 0.717) is 30.9 Å². The average Bonchev–Trinajstić information content (AvgIpc) is 2.77. The van der Waals surface area contributed by atoms with Gasteiger partial charge in [0.15, 0.2) is 0 Å². The fraction of sp³-hybridized carbons (Fsp3) is 0.700. The number of halogens is 1. The molecule has 1 rings (SSSR count). The van der Waals surface area contributed by atoms with Gasteiger partial charge >= 0.3 is 0 Å². The lowest BCUT2D eigenvalue weighted by Crippen LogP contribution is -2.27. The van der Waals surface area contributed by atoms with Gasteiger partial charge in [-0.1, -0.05) is 11.4 Å². The maximum absolute atomic E-state index is 11.8. The second kappa shape index (κ2) is 7.58.